The van der Waals surface area contributed by atoms with Gasteiger partial charge in [0.25, 0.3) is 11.6 Å². The number of carbonyl (C=O) groups is 2. The average molecular weight is 409 g/mol. The fourth-order valence-corrected chi connectivity index (χ4v) is 2.82. The molecule has 0 saturated carbocycles. The number of esters is 1. The Balaban J connectivity index is 2.12. The summed E-state index contributed by atoms with van der Waals surface area (Å²) in [6.07, 6.45) is -1.20. The van der Waals surface area contributed by atoms with E-state index in [1.165, 1.54) is 29.8 Å². The van der Waals surface area contributed by atoms with Gasteiger partial charge in [-0.25, -0.2) is 4.79 Å². The van der Waals surface area contributed by atoms with Crippen molar-refractivity contribution in [2.75, 3.05) is 5.32 Å². The predicted octanol–water partition coefficient (Wildman–Crippen LogP) is 3.59. The second kappa shape index (κ2) is 8.83. The molecule has 1 amide bonds. The lowest BCUT2D eigenvalue weighted by Crippen LogP contribution is -2.30. The van der Waals surface area contributed by atoms with Gasteiger partial charge in [-0.15, -0.1) is 0 Å². The molecule has 0 bridgehead atoms. The van der Waals surface area contributed by atoms with Crippen molar-refractivity contribution in [1.82, 2.24) is 9.78 Å². The van der Waals surface area contributed by atoms with Gasteiger partial charge in [0, 0.05) is 12.6 Å². The summed E-state index contributed by atoms with van der Waals surface area (Å²) in [5, 5.41) is 17.8. The van der Waals surface area contributed by atoms with Gasteiger partial charge in [0.2, 0.25) is 0 Å². The van der Waals surface area contributed by atoms with Gasteiger partial charge in [-0.2, -0.15) is 5.10 Å². The van der Waals surface area contributed by atoms with E-state index in [2.05, 4.69) is 10.4 Å². The highest BCUT2D eigenvalue weighted by Crippen LogP contribution is 2.25. The normalized spacial score (nSPS) is 11.9. The minimum absolute atomic E-state index is 0.0133. The molecule has 0 spiro atoms. The number of amides is 1. The molecule has 9 nitrogen and oxygen atoms in total. The van der Waals surface area contributed by atoms with E-state index in [1.54, 1.807) is 13.0 Å². The quantitative estimate of drug-likeness (QED) is 0.425. The molecule has 150 valence electrons. The molecule has 2 aromatic rings. The van der Waals surface area contributed by atoms with E-state index in [0.29, 0.717) is 12.2 Å². The summed E-state index contributed by atoms with van der Waals surface area (Å²) < 4.78 is 6.70. The third kappa shape index (κ3) is 4.86. The number of nitro groups is 1. The molecule has 1 atom stereocenters. The third-order valence-electron chi connectivity index (χ3n) is 3.82. The number of anilines is 1. The number of hydrogen-bond acceptors (Lipinski definition) is 6. The average Bonchev–Trinajstić information content (AvgIpc) is 2.87. The fourth-order valence-electron chi connectivity index (χ4n) is 2.50. The van der Waals surface area contributed by atoms with Crippen LogP contribution in [0.1, 0.15) is 36.8 Å². The molecule has 0 fully saturated rings. The van der Waals surface area contributed by atoms with Crippen LogP contribution < -0.4 is 5.32 Å². The molecule has 1 heterocycles. The van der Waals surface area contributed by atoms with Crippen molar-refractivity contribution in [1.29, 1.82) is 0 Å². The highest BCUT2D eigenvalue weighted by atomic mass is 35.5. The summed E-state index contributed by atoms with van der Waals surface area (Å²) in [4.78, 5) is 35.2. The van der Waals surface area contributed by atoms with Crippen molar-refractivity contribution in [3.05, 3.63) is 50.8 Å². The molecular weight excluding hydrogens is 388 g/mol. The van der Waals surface area contributed by atoms with Crippen LogP contribution in [0.3, 0.4) is 0 Å². The topological polar surface area (TPSA) is 116 Å². The van der Waals surface area contributed by atoms with Crippen molar-refractivity contribution in [2.24, 2.45) is 5.92 Å². The van der Waals surface area contributed by atoms with E-state index in [-0.39, 0.29) is 28.0 Å². The van der Waals surface area contributed by atoms with Crippen LogP contribution in [0.5, 0.6) is 0 Å². The Kier molecular flexibility index (Phi) is 6.74. The summed E-state index contributed by atoms with van der Waals surface area (Å²) >= 11 is 6.24. The summed E-state index contributed by atoms with van der Waals surface area (Å²) in [7, 11) is 0. The summed E-state index contributed by atoms with van der Waals surface area (Å²) in [6.45, 7) is 7.49. The molecule has 2 rings (SSSR count). The van der Waals surface area contributed by atoms with E-state index in [9.17, 15) is 19.7 Å². The van der Waals surface area contributed by atoms with Crippen LogP contribution in [0.2, 0.25) is 5.15 Å². The first kappa shape index (κ1) is 21.4. The van der Waals surface area contributed by atoms with Gasteiger partial charge in [0.15, 0.2) is 6.10 Å². The minimum atomic E-state index is -1.20. The number of halogens is 1. The number of aryl methyl sites for hydroxylation is 1. The Hall–Kier alpha value is -2.94. The maximum Gasteiger partial charge on any atom is 0.343 e. The van der Waals surface area contributed by atoms with E-state index in [1.807, 2.05) is 13.8 Å². The third-order valence-corrected chi connectivity index (χ3v) is 4.20. The highest BCUT2D eigenvalue weighted by Gasteiger charge is 2.27. The van der Waals surface area contributed by atoms with Crippen LogP contribution in [0.4, 0.5) is 11.4 Å². The molecule has 0 aliphatic heterocycles. The van der Waals surface area contributed by atoms with E-state index >= 15 is 0 Å². The number of nitro benzene ring substituents is 1. The number of aromatic nitrogens is 2. The predicted molar refractivity (Wildman–Crippen MR) is 103 cm³/mol. The minimum Gasteiger partial charge on any atom is -0.449 e. The lowest BCUT2D eigenvalue weighted by molar-refractivity contribution is -0.383. The van der Waals surface area contributed by atoms with E-state index < -0.39 is 22.9 Å². The number of nitrogens with one attached hydrogen (secondary N) is 1. The molecule has 0 unspecified atom stereocenters. The molecule has 0 aliphatic carbocycles. The number of ether oxygens (including phenoxy) is 1. The molecule has 28 heavy (non-hydrogen) atoms. The Labute approximate surface area is 166 Å². The summed E-state index contributed by atoms with van der Waals surface area (Å²) in [5.74, 6) is -1.22. The van der Waals surface area contributed by atoms with E-state index in [4.69, 9.17) is 16.3 Å². The van der Waals surface area contributed by atoms with Crippen molar-refractivity contribution >= 4 is 34.9 Å². The molecule has 0 radical (unpaired) electrons. The number of rotatable bonds is 7. The maximum absolute atomic E-state index is 12.5. The Morgan fingerprint density at radius 3 is 2.57 bits per heavy atom. The molecule has 0 saturated heterocycles. The van der Waals surface area contributed by atoms with Gasteiger partial charge in [-0.1, -0.05) is 37.6 Å². The Morgan fingerprint density at radius 2 is 1.96 bits per heavy atom. The lowest BCUT2D eigenvalue weighted by Gasteiger charge is -2.13. The summed E-state index contributed by atoms with van der Waals surface area (Å²) in [5.41, 5.74) is 0.234. The first-order chi connectivity index (χ1) is 13.1. The zero-order valence-corrected chi connectivity index (χ0v) is 16.7. The van der Waals surface area contributed by atoms with E-state index in [0.717, 1.165) is 0 Å². The molecule has 1 aromatic heterocycles. The van der Waals surface area contributed by atoms with Gasteiger partial charge < -0.3 is 10.1 Å². The number of hydrogen-bond donors (Lipinski definition) is 1. The molecule has 1 aromatic carbocycles. The second-order valence-electron chi connectivity index (χ2n) is 6.64. The highest BCUT2D eigenvalue weighted by molar-refractivity contribution is 6.32. The van der Waals surface area contributed by atoms with Crippen LogP contribution >= 0.6 is 11.6 Å². The molecular formula is C18H21ClN4O5. The zero-order chi connectivity index (χ0) is 21.0. The number of benzene rings is 1. The molecule has 1 N–H and O–H groups in total. The van der Waals surface area contributed by atoms with Gasteiger partial charge in [0.05, 0.1) is 10.6 Å². The Morgan fingerprint density at radius 1 is 1.32 bits per heavy atom. The lowest BCUT2D eigenvalue weighted by atomic mass is 10.2. The standard InChI is InChI=1S/C18H21ClN4O5/c1-10(2)9-22-16(19)15(11(3)21-22)18(25)28-12(4)17(24)20-13-7-5-6-8-14(13)23(26)27/h5-8,10,12H,9H2,1-4H3,(H,20,24)/t12-/m1/s1. The van der Waals surface area contributed by atoms with Crippen molar-refractivity contribution < 1.29 is 19.2 Å². The van der Waals surface area contributed by atoms with Gasteiger partial charge in [0.1, 0.15) is 16.4 Å². The first-order valence-corrected chi connectivity index (χ1v) is 8.97. The monoisotopic (exact) mass is 408 g/mol. The number of carbonyl (C=O) groups excluding carboxylic acids is 2. The number of para-hydroxylation sites is 2. The largest absolute Gasteiger partial charge is 0.449 e. The van der Waals surface area contributed by atoms with Crippen LogP contribution in [-0.4, -0.2) is 32.7 Å². The second-order valence-corrected chi connectivity index (χ2v) is 7.00. The van der Waals surface area contributed by atoms with Gasteiger partial charge >= 0.3 is 5.97 Å². The van der Waals surface area contributed by atoms with Gasteiger partial charge in [-0.05, 0) is 25.8 Å². The SMILES string of the molecule is Cc1nn(CC(C)C)c(Cl)c1C(=O)O[C@H](C)C(=O)Nc1ccccc1[N+](=O)[O-]. The van der Waals surface area contributed by atoms with Crippen molar-refractivity contribution in [3.8, 4) is 0 Å². The smallest absolute Gasteiger partial charge is 0.343 e. The zero-order valence-electron chi connectivity index (χ0n) is 15.9. The van der Waals surface area contributed by atoms with Crippen molar-refractivity contribution in [3.63, 3.8) is 0 Å². The molecule has 0 aliphatic rings. The van der Waals surface area contributed by atoms with Crippen LogP contribution in [0, 0.1) is 23.0 Å². The fraction of sp³-hybridized carbons (Fsp3) is 0.389. The van der Waals surface area contributed by atoms with Crippen LogP contribution in [0.25, 0.3) is 0 Å². The first-order valence-electron chi connectivity index (χ1n) is 8.60. The van der Waals surface area contributed by atoms with Crippen LogP contribution in [0.15, 0.2) is 24.3 Å². The Bertz CT molecular complexity index is 909. The maximum atomic E-state index is 12.5. The van der Waals surface area contributed by atoms with Crippen molar-refractivity contribution in [2.45, 2.75) is 40.3 Å². The van der Waals surface area contributed by atoms with Gasteiger partial charge in [-0.3, -0.25) is 19.6 Å². The van der Waals surface area contributed by atoms with Crippen LogP contribution in [-0.2, 0) is 16.1 Å². The summed E-state index contributed by atoms with van der Waals surface area (Å²) in [6, 6.07) is 5.68. The molecule has 10 heteroatoms. The number of nitrogens with zero attached hydrogens (tertiary/aromatic N) is 3.